The molecule has 64 valence electrons. The Kier molecular flexibility index (Phi) is 3.28. The van der Waals surface area contributed by atoms with E-state index in [4.69, 9.17) is 15.2 Å². The second kappa shape index (κ2) is 4.26. The first kappa shape index (κ1) is 9.25. The summed E-state index contributed by atoms with van der Waals surface area (Å²) in [6.45, 7) is 0.0158. The molecule has 0 radical (unpaired) electrons. The summed E-state index contributed by atoms with van der Waals surface area (Å²) in [6, 6.07) is 7.06. The molecule has 0 bridgehead atoms. The molecule has 0 atom stereocenters. The summed E-state index contributed by atoms with van der Waals surface area (Å²) in [5.41, 5.74) is 1.67. The van der Waals surface area contributed by atoms with E-state index in [1.807, 2.05) is 0 Å². The molecule has 0 amide bonds. The van der Waals surface area contributed by atoms with Crippen molar-refractivity contribution in [2.75, 3.05) is 0 Å². The van der Waals surface area contributed by atoms with Crippen LogP contribution in [0.15, 0.2) is 24.3 Å². The van der Waals surface area contributed by atoms with Crippen molar-refractivity contribution >= 4 is 7.12 Å². The first-order chi connectivity index (χ1) is 5.72. The second-order valence-corrected chi connectivity index (χ2v) is 2.66. The van der Waals surface area contributed by atoms with Crippen LogP contribution in [0.25, 0.3) is 0 Å². The maximum atomic E-state index is 8.71. The van der Waals surface area contributed by atoms with Gasteiger partial charge < -0.3 is 15.2 Å². The van der Waals surface area contributed by atoms with E-state index in [0.717, 1.165) is 11.1 Å². The molecule has 0 fully saturated rings. The molecule has 0 heterocycles. The minimum absolute atomic E-state index is 0.0158. The van der Waals surface area contributed by atoms with Gasteiger partial charge in [-0.25, -0.2) is 0 Å². The van der Waals surface area contributed by atoms with E-state index >= 15 is 0 Å². The van der Waals surface area contributed by atoms with Crippen molar-refractivity contribution in [1.82, 2.24) is 0 Å². The first-order valence-corrected chi connectivity index (χ1v) is 3.77. The van der Waals surface area contributed by atoms with Crippen LogP contribution < -0.4 is 0 Å². The SMILES string of the molecule is OCc1ccc(CB(O)O)cc1. The summed E-state index contributed by atoms with van der Waals surface area (Å²) in [7, 11) is -1.30. The fraction of sp³-hybridized carbons (Fsp3) is 0.250. The van der Waals surface area contributed by atoms with Gasteiger partial charge in [0.25, 0.3) is 0 Å². The monoisotopic (exact) mass is 166 g/mol. The third kappa shape index (κ3) is 2.66. The van der Waals surface area contributed by atoms with Crippen LogP contribution in [0.4, 0.5) is 0 Å². The summed E-state index contributed by atoms with van der Waals surface area (Å²) in [6.07, 6.45) is 0.228. The Bertz CT molecular complexity index is 233. The van der Waals surface area contributed by atoms with E-state index in [9.17, 15) is 0 Å². The molecule has 3 N–H and O–H groups in total. The summed E-state index contributed by atoms with van der Waals surface area (Å²) in [4.78, 5) is 0. The van der Waals surface area contributed by atoms with Crippen molar-refractivity contribution in [3.05, 3.63) is 35.4 Å². The van der Waals surface area contributed by atoms with Gasteiger partial charge in [0, 0.05) is 6.32 Å². The predicted octanol–water partition coefficient (Wildman–Crippen LogP) is -0.267. The van der Waals surface area contributed by atoms with E-state index in [-0.39, 0.29) is 12.9 Å². The molecule has 4 heteroatoms. The van der Waals surface area contributed by atoms with Gasteiger partial charge in [0.05, 0.1) is 6.61 Å². The molecule has 0 saturated heterocycles. The van der Waals surface area contributed by atoms with Crippen molar-refractivity contribution in [3.63, 3.8) is 0 Å². The standard InChI is InChI=1S/C8H11BO3/c10-6-8-3-1-7(2-4-8)5-9(11)12/h1-4,10-12H,5-6H2. The average molecular weight is 166 g/mol. The van der Waals surface area contributed by atoms with Crippen LogP contribution in [0.5, 0.6) is 0 Å². The Morgan fingerprint density at radius 1 is 1.00 bits per heavy atom. The molecule has 0 saturated carbocycles. The van der Waals surface area contributed by atoms with Crippen LogP contribution in [-0.2, 0) is 12.9 Å². The van der Waals surface area contributed by atoms with E-state index in [2.05, 4.69) is 0 Å². The van der Waals surface area contributed by atoms with Gasteiger partial charge in [-0.05, 0) is 5.56 Å². The number of benzene rings is 1. The van der Waals surface area contributed by atoms with Gasteiger partial charge in [0.15, 0.2) is 0 Å². The highest BCUT2D eigenvalue weighted by Crippen LogP contribution is 2.05. The predicted molar refractivity (Wildman–Crippen MR) is 46.3 cm³/mol. The third-order valence-electron chi connectivity index (χ3n) is 1.62. The van der Waals surface area contributed by atoms with Gasteiger partial charge >= 0.3 is 7.12 Å². The molecule has 12 heavy (non-hydrogen) atoms. The topological polar surface area (TPSA) is 60.7 Å². The van der Waals surface area contributed by atoms with Crippen LogP contribution in [0.2, 0.25) is 0 Å². The first-order valence-electron chi connectivity index (χ1n) is 3.77. The smallest absolute Gasteiger partial charge is 0.427 e. The van der Waals surface area contributed by atoms with Crippen molar-refractivity contribution < 1.29 is 15.2 Å². The second-order valence-electron chi connectivity index (χ2n) is 2.66. The van der Waals surface area contributed by atoms with E-state index in [1.165, 1.54) is 0 Å². The fourth-order valence-corrected chi connectivity index (χ4v) is 0.992. The van der Waals surface area contributed by atoms with Crippen LogP contribution in [-0.4, -0.2) is 22.3 Å². The summed E-state index contributed by atoms with van der Waals surface area (Å²) in [5, 5.41) is 26.0. The molecule has 0 spiro atoms. The Balaban J connectivity index is 2.65. The fourth-order valence-electron chi connectivity index (χ4n) is 0.992. The molecule has 1 aromatic carbocycles. The van der Waals surface area contributed by atoms with Crippen LogP contribution >= 0.6 is 0 Å². The molecule has 0 unspecified atom stereocenters. The average Bonchev–Trinajstić information content (AvgIpc) is 2.05. The number of hydrogen-bond acceptors (Lipinski definition) is 3. The quantitative estimate of drug-likeness (QED) is 0.541. The molecular formula is C8H11BO3. The van der Waals surface area contributed by atoms with Gasteiger partial charge in [-0.3, -0.25) is 0 Å². The minimum Gasteiger partial charge on any atom is -0.427 e. The molecule has 0 aliphatic carbocycles. The number of hydrogen-bond donors (Lipinski definition) is 3. The molecule has 1 rings (SSSR count). The highest BCUT2D eigenvalue weighted by molar-refractivity contribution is 6.40. The number of rotatable bonds is 3. The summed E-state index contributed by atoms with van der Waals surface area (Å²) < 4.78 is 0. The van der Waals surface area contributed by atoms with Crippen LogP contribution in [0, 0.1) is 0 Å². The van der Waals surface area contributed by atoms with Gasteiger partial charge in [0.1, 0.15) is 0 Å². The van der Waals surface area contributed by atoms with E-state index < -0.39 is 7.12 Å². The van der Waals surface area contributed by atoms with Crippen LogP contribution in [0.3, 0.4) is 0 Å². The lowest BCUT2D eigenvalue weighted by Crippen LogP contribution is -2.14. The summed E-state index contributed by atoms with van der Waals surface area (Å²) in [5.74, 6) is 0. The van der Waals surface area contributed by atoms with E-state index in [0.29, 0.717) is 0 Å². The molecule has 1 aromatic rings. The van der Waals surface area contributed by atoms with Crippen molar-refractivity contribution in [2.45, 2.75) is 12.9 Å². The Labute approximate surface area is 71.4 Å². The largest absolute Gasteiger partial charge is 0.456 e. The van der Waals surface area contributed by atoms with Crippen LogP contribution in [0.1, 0.15) is 11.1 Å². The summed E-state index contributed by atoms with van der Waals surface area (Å²) >= 11 is 0. The number of aliphatic hydroxyl groups is 1. The van der Waals surface area contributed by atoms with Gasteiger partial charge in [-0.1, -0.05) is 29.8 Å². The molecule has 0 aliphatic rings. The maximum Gasteiger partial charge on any atom is 0.456 e. The minimum atomic E-state index is -1.30. The molecule has 3 nitrogen and oxygen atoms in total. The Morgan fingerprint density at radius 3 is 1.92 bits per heavy atom. The van der Waals surface area contributed by atoms with Gasteiger partial charge in [-0.15, -0.1) is 0 Å². The molecule has 0 aliphatic heterocycles. The molecular weight excluding hydrogens is 155 g/mol. The highest BCUT2D eigenvalue weighted by Gasteiger charge is 2.06. The Morgan fingerprint density at radius 2 is 1.50 bits per heavy atom. The Hall–Kier alpha value is -0.835. The zero-order chi connectivity index (χ0) is 8.97. The lowest BCUT2D eigenvalue weighted by atomic mass is 9.82. The highest BCUT2D eigenvalue weighted by atomic mass is 16.4. The normalized spacial score (nSPS) is 9.92. The maximum absolute atomic E-state index is 8.71. The third-order valence-corrected chi connectivity index (χ3v) is 1.62. The number of aliphatic hydroxyl groups excluding tert-OH is 1. The van der Waals surface area contributed by atoms with Gasteiger partial charge in [-0.2, -0.15) is 0 Å². The lowest BCUT2D eigenvalue weighted by molar-refractivity contribution is 0.282. The van der Waals surface area contributed by atoms with Gasteiger partial charge in [0.2, 0.25) is 0 Å². The molecule has 0 aromatic heterocycles. The van der Waals surface area contributed by atoms with Crippen molar-refractivity contribution in [3.8, 4) is 0 Å². The zero-order valence-corrected chi connectivity index (χ0v) is 6.64. The van der Waals surface area contributed by atoms with E-state index in [1.54, 1.807) is 24.3 Å². The van der Waals surface area contributed by atoms with Crippen molar-refractivity contribution in [2.24, 2.45) is 0 Å². The van der Waals surface area contributed by atoms with Crippen molar-refractivity contribution in [1.29, 1.82) is 0 Å². The zero-order valence-electron chi connectivity index (χ0n) is 6.64. The lowest BCUT2D eigenvalue weighted by Gasteiger charge is -2.00.